The van der Waals surface area contributed by atoms with Gasteiger partial charge in [0.15, 0.2) is 5.78 Å². The van der Waals surface area contributed by atoms with E-state index in [-0.39, 0.29) is 23.9 Å². The average Bonchev–Trinajstić information content (AvgIpc) is 2.52. The van der Waals surface area contributed by atoms with E-state index in [1.54, 1.807) is 0 Å². The monoisotopic (exact) mass is 330 g/mol. The minimum Gasteiger partial charge on any atom is -0.344 e. The van der Waals surface area contributed by atoms with E-state index in [0.717, 1.165) is 11.1 Å². The maximum Gasteiger partial charge on any atom is 0.243 e. The number of rotatable bonds is 5. The van der Waals surface area contributed by atoms with E-state index in [1.807, 2.05) is 24.3 Å². The van der Waals surface area contributed by atoms with E-state index in [4.69, 9.17) is 0 Å². The molecule has 0 radical (unpaired) electrons. The fourth-order valence-electron chi connectivity index (χ4n) is 2.94. The molecule has 1 aromatic rings. The second-order valence-corrected chi connectivity index (χ2v) is 6.21. The van der Waals surface area contributed by atoms with Crippen molar-refractivity contribution < 1.29 is 19.2 Å². The van der Waals surface area contributed by atoms with Crippen LogP contribution in [0, 0.1) is 0 Å². The van der Waals surface area contributed by atoms with Gasteiger partial charge >= 0.3 is 0 Å². The number of carbonyl (C=O) groups excluding carboxylic acids is 4. The highest BCUT2D eigenvalue weighted by atomic mass is 16.2. The Morgan fingerprint density at radius 1 is 1.12 bits per heavy atom. The summed E-state index contributed by atoms with van der Waals surface area (Å²) in [6.45, 7) is 4.50. The molecule has 6 heteroatoms. The lowest BCUT2D eigenvalue weighted by Gasteiger charge is -2.36. The number of nitrogens with one attached hydrogen (secondary N) is 1. The van der Waals surface area contributed by atoms with Crippen LogP contribution in [0.15, 0.2) is 24.3 Å². The number of ketones is 2. The highest BCUT2D eigenvalue weighted by Gasteiger charge is 2.34. The summed E-state index contributed by atoms with van der Waals surface area (Å²) in [6.07, 6.45) is 0.358. The third kappa shape index (κ3) is 4.07. The molecular formula is C18H22N2O4. The third-order valence-electron chi connectivity index (χ3n) is 4.25. The molecular weight excluding hydrogens is 308 g/mol. The van der Waals surface area contributed by atoms with E-state index >= 15 is 0 Å². The van der Waals surface area contributed by atoms with Gasteiger partial charge in [0.05, 0.1) is 6.04 Å². The Balaban J connectivity index is 2.21. The molecule has 0 saturated carbocycles. The Morgan fingerprint density at radius 2 is 1.75 bits per heavy atom. The van der Waals surface area contributed by atoms with Crippen molar-refractivity contribution in [3.8, 4) is 0 Å². The molecule has 0 saturated heterocycles. The third-order valence-corrected chi connectivity index (χ3v) is 4.25. The average molecular weight is 330 g/mol. The van der Waals surface area contributed by atoms with Gasteiger partial charge in [0.25, 0.3) is 0 Å². The van der Waals surface area contributed by atoms with Crippen LogP contribution in [0.3, 0.4) is 0 Å². The molecule has 6 nitrogen and oxygen atoms in total. The largest absolute Gasteiger partial charge is 0.344 e. The molecule has 2 amide bonds. The molecule has 0 spiro atoms. The molecule has 1 aliphatic heterocycles. The highest BCUT2D eigenvalue weighted by Crippen LogP contribution is 2.23. The SMILES string of the molecule is CC(=O)CC(NC(=O)C1Cc2ccccc2CN1C(C)=O)C(C)=O. The maximum atomic E-state index is 12.7. The zero-order valence-electron chi connectivity index (χ0n) is 14.2. The fourth-order valence-corrected chi connectivity index (χ4v) is 2.94. The van der Waals surface area contributed by atoms with Gasteiger partial charge in [-0.2, -0.15) is 0 Å². The van der Waals surface area contributed by atoms with Crippen LogP contribution in [0.4, 0.5) is 0 Å². The number of amides is 2. The molecule has 1 heterocycles. The Labute approximate surface area is 141 Å². The van der Waals surface area contributed by atoms with Crippen LogP contribution in [0.5, 0.6) is 0 Å². The molecule has 0 aliphatic carbocycles. The summed E-state index contributed by atoms with van der Waals surface area (Å²) < 4.78 is 0. The summed E-state index contributed by atoms with van der Waals surface area (Å²) >= 11 is 0. The molecule has 2 unspecified atom stereocenters. The van der Waals surface area contributed by atoms with E-state index in [1.165, 1.54) is 25.7 Å². The number of fused-ring (bicyclic) bond motifs is 1. The van der Waals surface area contributed by atoms with Crippen molar-refractivity contribution in [3.63, 3.8) is 0 Å². The van der Waals surface area contributed by atoms with Crippen LogP contribution in [0.1, 0.15) is 38.3 Å². The fraction of sp³-hybridized carbons (Fsp3) is 0.444. The van der Waals surface area contributed by atoms with Crippen LogP contribution in [0.25, 0.3) is 0 Å². The minimum atomic E-state index is -0.846. The van der Waals surface area contributed by atoms with Gasteiger partial charge in [0, 0.05) is 26.3 Å². The van der Waals surface area contributed by atoms with Crippen molar-refractivity contribution in [2.24, 2.45) is 0 Å². The van der Waals surface area contributed by atoms with Crippen LogP contribution in [-0.4, -0.2) is 40.4 Å². The standard InChI is InChI=1S/C18H22N2O4/c1-11(21)8-16(12(2)22)19-18(24)17-9-14-6-4-5-7-15(14)10-20(17)13(3)23/h4-7,16-17H,8-10H2,1-3H3,(H,19,24). The number of hydrogen-bond donors (Lipinski definition) is 1. The Morgan fingerprint density at radius 3 is 2.29 bits per heavy atom. The quantitative estimate of drug-likeness (QED) is 0.873. The molecule has 2 rings (SSSR count). The predicted octanol–water partition coefficient (Wildman–Crippen LogP) is 1.01. The van der Waals surface area contributed by atoms with Crippen molar-refractivity contribution in [2.45, 2.75) is 52.2 Å². The van der Waals surface area contributed by atoms with Crippen molar-refractivity contribution in [2.75, 3.05) is 0 Å². The highest BCUT2D eigenvalue weighted by molar-refractivity contribution is 5.94. The second kappa shape index (κ2) is 7.38. The maximum absolute atomic E-state index is 12.7. The number of hydrogen-bond acceptors (Lipinski definition) is 4. The molecule has 0 bridgehead atoms. The molecule has 2 atom stereocenters. The van der Waals surface area contributed by atoms with Gasteiger partial charge in [0.2, 0.25) is 11.8 Å². The van der Waals surface area contributed by atoms with E-state index < -0.39 is 18.0 Å². The summed E-state index contributed by atoms with van der Waals surface area (Å²) in [4.78, 5) is 49.0. The molecule has 1 aliphatic rings. The summed E-state index contributed by atoms with van der Waals surface area (Å²) in [5.74, 6) is -1.05. The van der Waals surface area contributed by atoms with Crippen molar-refractivity contribution in [1.82, 2.24) is 10.2 Å². The summed E-state index contributed by atoms with van der Waals surface area (Å²) in [7, 11) is 0. The predicted molar refractivity (Wildman–Crippen MR) is 88.1 cm³/mol. The van der Waals surface area contributed by atoms with E-state index in [2.05, 4.69) is 5.32 Å². The first kappa shape index (κ1) is 17.8. The lowest BCUT2D eigenvalue weighted by atomic mass is 9.93. The first-order chi connectivity index (χ1) is 11.3. The summed E-state index contributed by atoms with van der Waals surface area (Å²) in [6, 6.07) is 6.15. The number of carbonyl (C=O) groups is 4. The topological polar surface area (TPSA) is 83.6 Å². The number of benzene rings is 1. The van der Waals surface area contributed by atoms with E-state index in [9.17, 15) is 19.2 Å². The molecule has 128 valence electrons. The lowest BCUT2D eigenvalue weighted by molar-refractivity contribution is -0.141. The molecule has 1 aromatic carbocycles. The van der Waals surface area contributed by atoms with Gasteiger partial charge in [-0.25, -0.2) is 0 Å². The summed E-state index contributed by atoms with van der Waals surface area (Å²) in [5.41, 5.74) is 2.03. The van der Waals surface area contributed by atoms with Crippen LogP contribution < -0.4 is 5.32 Å². The van der Waals surface area contributed by atoms with Crippen molar-refractivity contribution >= 4 is 23.4 Å². The lowest BCUT2D eigenvalue weighted by Crippen LogP contribution is -2.55. The molecule has 0 aromatic heterocycles. The first-order valence-electron chi connectivity index (χ1n) is 7.94. The van der Waals surface area contributed by atoms with Crippen molar-refractivity contribution in [1.29, 1.82) is 0 Å². The molecule has 24 heavy (non-hydrogen) atoms. The zero-order chi connectivity index (χ0) is 17.9. The van der Waals surface area contributed by atoms with Crippen LogP contribution >= 0.6 is 0 Å². The molecule has 1 N–H and O–H groups in total. The normalized spacial score (nSPS) is 17.6. The van der Waals surface area contributed by atoms with E-state index in [0.29, 0.717) is 13.0 Å². The van der Waals surface area contributed by atoms with Gasteiger partial charge in [-0.05, 0) is 25.0 Å². The minimum absolute atomic E-state index is 0.0373. The summed E-state index contributed by atoms with van der Waals surface area (Å²) in [5, 5.41) is 2.63. The van der Waals surface area contributed by atoms with Gasteiger partial charge in [-0.15, -0.1) is 0 Å². The Hall–Kier alpha value is -2.50. The van der Waals surface area contributed by atoms with Crippen LogP contribution in [-0.2, 0) is 32.1 Å². The molecule has 0 fully saturated rings. The zero-order valence-corrected chi connectivity index (χ0v) is 14.2. The van der Waals surface area contributed by atoms with Crippen molar-refractivity contribution in [3.05, 3.63) is 35.4 Å². The Bertz CT molecular complexity index is 683. The van der Waals surface area contributed by atoms with Gasteiger partial charge in [-0.3, -0.25) is 19.2 Å². The smallest absolute Gasteiger partial charge is 0.243 e. The first-order valence-corrected chi connectivity index (χ1v) is 7.94. The Kier molecular flexibility index (Phi) is 5.49. The number of nitrogens with zero attached hydrogens (tertiary/aromatic N) is 1. The van der Waals surface area contributed by atoms with Crippen LogP contribution in [0.2, 0.25) is 0 Å². The number of Topliss-reactive ketones (excluding diaryl/α,β-unsaturated/α-hetero) is 2. The van der Waals surface area contributed by atoms with Gasteiger partial charge in [-0.1, -0.05) is 24.3 Å². The van der Waals surface area contributed by atoms with Gasteiger partial charge in [0.1, 0.15) is 11.8 Å². The van der Waals surface area contributed by atoms with Gasteiger partial charge < -0.3 is 10.2 Å². The second-order valence-electron chi connectivity index (χ2n) is 6.21.